The third-order valence-corrected chi connectivity index (χ3v) is 1.57. The van der Waals surface area contributed by atoms with Crippen molar-refractivity contribution in [3.63, 3.8) is 0 Å². The van der Waals surface area contributed by atoms with Crippen LogP contribution in [0.3, 0.4) is 0 Å². The van der Waals surface area contributed by atoms with Gasteiger partial charge in [0.05, 0.1) is 6.10 Å². The van der Waals surface area contributed by atoms with Crippen LogP contribution in [0, 0.1) is 6.92 Å². The van der Waals surface area contributed by atoms with Gasteiger partial charge in [-0.15, -0.1) is 0 Å². The Balaban J connectivity index is 0.000000241. The second-order valence-corrected chi connectivity index (χ2v) is 2.95. The maximum Gasteiger partial charge on any atom is 0.0800 e. The minimum absolute atomic E-state index is 0.254. The summed E-state index contributed by atoms with van der Waals surface area (Å²) in [6.45, 7) is 2.70. The lowest BCUT2D eigenvalue weighted by Crippen LogP contribution is -2.36. The lowest BCUT2D eigenvalue weighted by molar-refractivity contribution is 0.180. The van der Waals surface area contributed by atoms with Crippen molar-refractivity contribution in [3.05, 3.63) is 35.9 Å². The number of hydrogen-bond donors (Lipinski definition) is 4. The molecule has 6 N–H and O–H groups in total. The van der Waals surface area contributed by atoms with Crippen LogP contribution in [-0.4, -0.2) is 24.3 Å². The van der Waals surface area contributed by atoms with Gasteiger partial charge in [-0.05, 0) is 6.92 Å². The van der Waals surface area contributed by atoms with E-state index in [1.807, 2.05) is 18.2 Å². The van der Waals surface area contributed by atoms with Gasteiger partial charge >= 0.3 is 0 Å². The largest absolute Gasteiger partial charge is 0.390 e. The van der Waals surface area contributed by atoms with Crippen molar-refractivity contribution in [1.29, 1.82) is 0 Å². The predicted molar refractivity (Wildman–Crippen MR) is 58.4 cm³/mol. The van der Waals surface area contributed by atoms with E-state index < -0.39 is 6.10 Å². The van der Waals surface area contributed by atoms with Crippen LogP contribution in [0.1, 0.15) is 5.56 Å². The van der Waals surface area contributed by atoms with Crippen LogP contribution in [0.15, 0.2) is 30.3 Å². The summed E-state index contributed by atoms with van der Waals surface area (Å²) in [5.74, 6) is 4.84. The maximum atomic E-state index is 8.59. The molecule has 0 heterocycles. The van der Waals surface area contributed by atoms with E-state index in [2.05, 4.69) is 24.5 Å². The van der Waals surface area contributed by atoms with E-state index in [-0.39, 0.29) is 6.54 Å². The summed E-state index contributed by atoms with van der Waals surface area (Å²) >= 11 is 0. The zero-order valence-electron chi connectivity index (χ0n) is 8.48. The van der Waals surface area contributed by atoms with Crippen molar-refractivity contribution in [2.24, 2.45) is 11.6 Å². The van der Waals surface area contributed by atoms with Crippen LogP contribution in [0.2, 0.25) is 0 Å². The number of rotatable bonds is 3. The summed E-state index contributed by atoms with van der Waals surface area (Å²) in [5.41, 5.74) is 8.62. The number of aliphatic hydroxyl groups is 1. The van der Waals surface area contributed by atoms with Crippen LogP contribution in [0.4, 0.5) is 0 Å². The molecule has 0 aliphatic carbocycles. The van der Waals surface area contributed by atoms with Crippen molar-refractivity contribution in [1.82, 2.24) is 5.43 Å². The average molecular weight is 197 g/mol. The quantitative estimate of drug-likeness (QED) is 0.398. The fourth-order valence-electron chi connectivity index (χ4n) is 0.754. The van der Waals surface area contributed by atoms with Crippen molar-refractivity contribution in [3.8, 4) is 0 Å². The monoisotopic (exact) mass is 197 g/mol. The summed E-state index contributed by atoms with van der Waals surface area (Å²) in [7, 11) is 0. The number of hydrazine groups is 1. The highest BCUT2D eigenvalue weighted by atomic mass is 16.3. The van der Waals surface area contributed by atoms with Crippen molar-refractivity contribution in [2.45, 2.75) is 13.0 Å². The highest BCUT2D eigenvalue weighted by Gasteiger charge is 1.94. The Hall–Kier alpha value is -0.940. The van der Waals surface area contributed by atoms with Crippen LogP contribution >= 0.6 is 0 Å². The molecule has 0 bridgehead atoms. The van der Waals surface area contributed by atoms with Gasteiger partial charge in [0, 0.05) is 13.1 Å². The first-order valence-corrected chi connectivity index (χ1v) is 4.54. The normalized spacial score (nSPS) is 11.4. The number of hydrogen-bond acceptors (Lipinski definition) is 4. The molecule has 4 heteroatoms. The van der Waals surface area contributed by atoms with Crippen molar-refractivity contribution >= 4 is 0 Å². The molecule has 80 valence electrons. The van der Waals surface area contributed by atoms with E-state index in [9.17, 15) is 0 Å². The van der Waals surface area contributed by atoms with Crippen molar-refractivity contribution in [2.75, 3.05) is 13.1 Å². The van der Waals surface area contributed by atoms with Gasteiger partial charge in [0.15, 0.2) is 0 Å². The fourth-order valence-corrected chi connectivity index (χ4v) is 0.754. The van der Waals surface area contributed by atoms with Crippen LogP contribution < -0.4 is 17.0 Å². The molecule has 1 rings (SSSR count). The van der Waals surface area contributed by atoms with Gasteiger partial charge in [-0.2, -0.15) is 0 Å². The Labute approximate surface area is 84.9 Å². The highest BCUT2D eigenvalue weighted by molar-refractivity contribution is 5.11. The molecular formula is C10H19N3O. The predicted octanol–water partition coefficient (Wildman–Crippen LogP) is -0.236. The third kappa shape index (κ3) is 7.70. The Bertz CT molecular complexity index is 216. The lowest BCUT2D eigenvalue weighted by Gasteiger charge is -2.03. The summed E-state index contributed by atoms with van der Waals surface area (Å²) in [5, 5.41) is 8.59. The molecule has 1 aromatic carbocycles. The third-order valence-electron chi connectivity index (χ3n) is 1.57. The van der Waals surface area contributed by atoms with Gasteiger partial charge in [0.1, 0.15) is 0 Å². The minimum atomic E-state index is -0.509. The Morgan fingerprint density at radius 2 is 1.93 bits per heavy atom. The van der Waals surface area contributed by atoms with Crippen LogP contribution in [-0.2, 0) is 0 Å². The zero-order valence-corrected chi connectivity index (χ0v) is 8.48. The topological polar surface area (TPSA) is 84.3 Å². The fraction of sp³-hybridized carbons (Fsp3) is 0.400. The number of nitrogens with one attached hydrogen (secondary N) is 1. The van der Waals surface area contributed by atoms with Gasteiger partial charge in [-0.25, -0.2) is 0 Å². The number of nitrogens with two attached hydrogens (primary N) is 2. The standard InChI is InChI=1S/C7H8.C3H11N3O/c1-7-5-3-2-4-6-7;4-1-3(7)2-6-5/h2-6H,1H3;3,6-7H,1-2,4-5H2/t;3-/m.1/s1. The van der Waals surface area contributed by atoms with Gasteiger partial charge in [0.2, 0.25) is 0 Å². The Morgan fingerprint density at radius 3 is 2.14 bits per heavy atom. The first-order chi connectivity index (χ1) is 6.70. The summed E-state index contributed by atoms with van der Waals surface area (Å²) in [6.07, 6.45) is -0.509. The molecule has 0 aromatic heterocycles. The minimum Gasteiger partial charge on any atom is -0.390 e. The molecule has 0 amide bonds. The SMILES string of the molecule is Cc1ccccc1.NC[C@@H](O)CNN. The molecular weight excluding hydrogens is 178 g/mol. The van der Waals surface area contributed by atoms with E-state index in [0.717, 1.165) is 0 Å². The molecule has 0 spiro atoms. The summed E-state index contributed by atoms with van der Waals surface area (Å²) < 4.78 is 0. The first-order valence-electron chi connectivity index (χ1n) is 4.54. The van der Waals surface area contributed by atoms with E-state index in [1.165, 1.54) is 5.56 Å². The molecule has 0 fully saturated rings. The zero-order chi connectivity index (χ0) is 10.8. The van der Waals surface area contributed by atoms with Crippen molar-refractivity contribution < 1.29 is 5.11 Å². The maximum absolute atomic E-state index is 8.59. The molecule has 0 unspecified atom stereocenters. The number of aryl methyl sites for hydroxylation is 1. The smallest absolute Gasteiger partial charge is 0.0800 e. The molecule has 14 heavy (non-hydrogen) atoms. The molecule has 0 aliphatic heterocycles. The molecule has 1 atom stereocenters. The van der Waals surface area contributed by atoms with Gasteiger partial charge in [-0.3, -0.25) is 11.3 Å². The second-order valence-electron chi connectivity index (χ2n) is 2.95. The number of benzene rings is 1. The summed E-state index contributed by atoms with van der Waals surface area (Å²) in [6, 6.07) is 10.3. The number of aliphatic hydroxyl groups excluding tert-OH is 1. The van der Waals surface area contributed by atoms with Gasteiger partial charge in [-0.1, -0.05) is 35.9 Å². The Kier molecular flexibility index (Phi) is 8.07. The molecule has 0 radical (unpaired) electrons. The average Bonchev–Trinajstić information content (AvgIpc) is 2.20. The molecule has 1 aromatic rings. The van der Waals surface area contributed by atoms with Crippen LogP contribution in [0.5, 0.6) is 0 Å². The molecule has 0 saturated carbocycles. The molecule has 0 aliphatic rings. The first kappa shape index (κ1) is 13.1. The van der Waals surface area contributed by atoms with Gasteiger partial charge in [0.25, 0.3) is 0 Å². The van der Waals surface area contributed by atoms with E-state index in [4.69, 9.17) is 16.7 Å². The highest BCUT2D eigenvalue weighted by Crippen LogP contribution is 1.92. The van der Waals surface area contributed by atoms with E-state index >= 15 is 0 Å². The van der Waals surface area contributed by atoms with E-state index in [1.54, 1.807) is 0 Å². The van der Waals surface area contributed by atoms with Crippen LogP contribution in [0.25, 0.3) is 0 Å². The lowest BCUT2D eigenvalue weighted by atomic mass is 10.2. The van der Waals surface area contributed by atoms with E-state index in [0.29, 0.717) is 6.54 Å². The molecule has 0 saturated heterocycles. The Morgan fingerprint density at radius 1 is 1.36 bits per heavy atom. The van der Waals surface area contributed by atoms with Gasteiger partial charge < -0.3 is 10.8 Å². The summed E-state index contributed by atoms with van der Waals surface area (Å²) in [4.78, 5) is 0. The second kappa shape index (κ2) is 8.65. The molecule has 4 nitrogen and oxygen atoms in total.